The summed E-state index contributed by atoms with van der Waals surface area (Å²) in [5.74, 6) is -0.104. The zero-order chi connectivity index (χ0) is 17.6. The van der Waals surface area contributed by atoms with Gasteiger partial charge in [0.25, 0.3) is 5.91 Å². The van der Waals surface area contributed by atoms with Crippen LogP contribution in [-0.4, -0.2) is 36.0 Å². The fourth-order valence-corrected chi connectivity index (χ4v) is 2.85. The number of nitrogens with two attached hydrogens (primary N) is 1. The Morgan fingerprint density at radius 1 is 0.962 bits per heavy atom. The monoisotopic (exact) mass is 374 g/mol. The minimum Gasteiger partial charge on any atom is -0.399 e. The van der Waals surface area contributed by atoms with Gasteiger partial charge in [-0.25, -0.2) is 4.79 Å². The second kappa shape index (κ2) is 9.10. The molecule has 0 unspecified atom stereocenters. The molecule has 1 fully saturated rings. The van der Waals surface area contributed by atoms with Crippen molar-refractivity contribution in [2.45, 2.75) is 18.9 Å². The molecular weight excluding hydrogens is 352 g/mol. The maximum absolute atomic E-state index is 12.3. The van der Waals surface area contributed by atoms with E-state index in [9.17, 15) is 9.59 Å². The summed E-state index contributed by atoms with van der Waals surface area (Å²) in [6.07, 6.45) is 1.48. The average Bonchev–Trinajstić information content (AvgIpc) is 2.63. The molecule has 6 nitrogen and oxygen atoms in total. The van der Waals surface area contributed by atoms with Gasteiger partial charge in [-0.3, -0.25) is 4.79 Å². The normalized spacial score (nSPS) is 14.2. The van der Waals surface area contributed by atoms with Gasteiger partial charge in [-0.05, 0) is 49.2 Å². The minimum absolute atomic E-state index is 0. The molecule has 1 saturated heterocycles. The summed E-state index contributed by atoms with van der Waals surface area (Å²) >= 11 is 0. The number of nitrogen functional groups attached to an aromatic ring is 1. The molecule has 4 N–H and O–H groups in total. The number of piperidine rings is 1. The molecule has 26 heavy (non-hydrogen) atoms. The molecule has 1 aliphatic heterocycles. The molecule has 3 amide bonds. The van der Waals surface area contributed by atoms with E-state index in [1.54, 1.807) is 29.2 Å². The first-order valence-corrected chi connectivity index (χ1v) is 8.39. The zero-order valence-corrected chi connectivity index (χ0v) is 15.2. The number of para-hydroxylation sites is 1. The predicted molar refractivity (Wildman–Crippen MR) is 106 cm³/mol. The fraction of sp³-hybridized carbons (Fsp3) is 0.263. The number of nitrogens with zero attached hydrogens (tertiary/aromatic N) is 1. The van der Waals surface area contributed by atoms with Crippen LogP contribution in [0, 0.1) is 0 Å². The number of benzene rings is 2. The van der Waals surface area contributed by atoms with Gasteiger partial charge in [0, 0.05) is 36.1 Å². The van der Waals surface area contributed by atoms with Gasteiger partial charge < -0.3 is 21.3 Å². The summed E-state index contributed by atoms with van der Waals surface area (Å²) in [5.41, 5.74) is 7.65. The number of rotatable bonds is 3. The van der Waals surface area contributed by atoms with E-state index < -0.39 is 0 Å². The summed E-state index contributed by atoms with van der Waals surface area (Å²) in [5, 5.41) is 5.91. The second-order valence-electron chi connectivity index (χ2n) is 6.15. The lowest BCUT2D eigenvalue weighted by Gasteiger charge is -2.32. The number of likely N-dealkylation sites (tertiary alicyclic amines) is 1. The number of urea groups is 1. The predicted octanol–water partition coefficient (Wildman–Crippen LogP) is 3.12. The van der Waals surface area contributed by atoms with Crippen LogP contribution in [0.1, 0.15) is 23.2 Å². The van der Waals surface area contributed by atoms with Gasteiger partial charge in [0.05, 0.1) is 0 Å². The quantitative estimate of drug-likeness (QED) is 0.721. The van der Waals surface area contributed by atoms with Crippen molar-refractivity contribution >= 4 is 35.7 Å². The maximum Gasteiger partial charge on any atom is 0.321 e. The van der Waals surface area contributed by atoms with Crippen molar-refractivity contribution in [3.05, 3.63) is 60.2 Å². The van der Waals surface area contributed by atoms with Gasteiger partial charge >= 0.3 is 6.03 Å². The van der Waals surface area contributed by atoms with E-state index in [0.29, 0.717) is 24.3 Å². The minimum atomic E-state index is -0.104. The molecule has 2 aromatic rings. The van der Waals surface area contributed by atoms with Crippen LogP contribution in [0.15, 0.2) is 54.6 Å². The molecular formula is C19H23ClN4O2. The summed E-state index contributed by atoms with van der Waals surface area (Å²) in [4.78, 5) is 26.3. The van der Waals surface area contributed by atoms with Crippen LogP contribution in [0.5, 0.6) is 0 Å². The number of nitrogens with one attached hydrogen (secondary N) is 2. The van der Waals surface area contributed by atoms with Crippen molar-refractivity contribution in [3.63, 3.8) is 0 Å². The molecule has 0 bridgehead atoms. The lowest BCUT2D eigenvalue weighted by molar-refractivity contribution is 0.0919. The summed E-state index contributed by atoms with van der Waals surface area (Å²) in [6, 6.07) is 16.2. The van der Waals surface area contributed by atoms with Crippen LogP contribution >= 0.6 is 12.4 Å². The smallest absolute Gasteiger partial charge is 0.321 e. The van der Waals surface area contributed by atoms with Crippen molar-refractivity contribution in [1.82, 2.24) is 10.2 Å². The number of anilines is 2. The highest BCUT2D eigenvalue weighted by Crippen LogP contribution is 2.14. The third-order valence-electron chi connectivity index (χ3n) is 4.32. The molecule has 1 heterocycles. The van der Waals surface area contributed by atoms with E-state index in [2.05, 4.69) is 10.6 Å². The van der Waals surface area contributed by atoms with E-state index in [0.717, 1.165) is 18.5 Å². The van der Waals surface area contributed by atoms with Gasteiger partial charge in [0.2, 0.25) is 0 Å². The molecule has 0 saturated carbocycles. The Bertz CT molecular complexity index is 729. The van der Waals surface area contributed by atoms with E-state index in [4.69, 9.17) is 5.73 Å². The van der Waals surface area contributed by atoms with Crippen molar-refractivity contribution in [2.75, 3.05) is 24.1 Å². The SMILES string of the molecule is Cl.Nc1ccc(C(=O)NC2CCN(C(=O)Nc3ccccc3)CC2)cc1. The molecule has 0 spiro atoms. The molecule has 1 aliphatic rings. The average molecular weight is 375 g/mol. The number of carbonyl (C=O) groups is 2. The Balaban J connectivity index is 0.00000243. The lowest BCUT2D eigenvalue weighted by Crippen LogP contribution is -2.47. The van der Waals surface area contributed by atoms with E-state index in [-0.39, 0.29) is 30.4 Å². The Labute approximate surface area is 159 Å². The zero-order valence-electron chi connectivity index (χ0n) is 14.4. The fourth-order valence-electron chi connectivity index (χ4n) is 2.85. The summed E-state index contributed by atoms with van der Waals surface area (Å²) in [7, 11) is 0. The number of amides is 3. The largest absolute Gasteiger partial charge is 0.399 e. The molecule has 3 rings (SSSR count). The lowest BCUT2D eigenvalue weighted by atomic mass is 10.0. The standard InChI is InChI=1S/C19H22N4O2.ClH/c20-15-8-6-14(7-9-15)18(24)21-17-10-12-23(13-11-17)19(25)22-16-4-2-1-3-5-16;/h1-9,17H,10-13,20H2,(H,21,24)(H,22,25);1H. The van der Waals surface area contributed by atoms with Crippen LogP contribution in [0.4, 0.5) is 16.2 Å². The third kappa shape index (κ3) is 5.13. The Hall–Kier alpha value is -2.73. The molecule has 0 atom stereocenters. The van der Waals surface area contributed by atoms with Gasteiger partial charge in [-0.1, -0.05) is 18.2 Å². The third-order valence-corrected chi connectivity index (χ3v) is 4.32. The molecule has 0 radical (unpaired) electrons. The first-order valence-electron chi connectivity index (χ1n) is 8.39. The Kier molecular flexibility index (Phi) is 6.86. The Morgan fingerprint density at radius 2 is 1.58 bits per heavy atom. The first kappa shape index (κ1) is 19.6. The van der Waals surface area contributed by atoms with E-state index in [1.807, 2.05) is 30.3 Å². The van der Waals surface area contributed by atoms with Gasteiger partial charge in [-0.2, -0.15) is 0 Å². The molecule has 0 aromatic heterocycles. The van der Waals surface area contributed by atoms with Crippen molar-refractivity contribution in [2.24, 2.45) is 0 Å². The van der Waals surface area contributed by atoms with Gasteiger partial charge in [-0.15, -0.1) is 12.4 Å². The summed E-state index contributed by atoms with van der Waals surface area (Å²) < 4.78 is 0. The number of halogens is 1. The number of hydrogen-bond donors (Lipinski definition) is 3. The highest BCUT2D eigenvalue weighted by atomic mass is 35.5. The molecule has 0 aliphatic carbocycles. The van der Waals surface area contributed by atoms with Gasteiger partial charge in [0.15, 0.2) is 0 Å². The topological polar surface area (TPSA) is 87.5 Å². The first-order chi connectivity index (χ1) is 12.1. The Morgan fingerprint density at radius 3 is 2.19 bits per heavy atom. The number of carbonyl (C=O) groups excluding carboxylic acids is 2. The van der Waals surface area contributed by atoms with Crippen LogP contribution in [0.3, 0.4) is 0 Å². The summed E-state index contributed by atoms with van der Waals surface area (Å²) in [6.45, 7) is 1.23. The van der Waals surface area contributed by atoms with Crippen LogP contribution in [0.25, 0.3) is 0 Å². The van der Waals surface area contributed by atoms with E-state index in [1.165, 1.54) is 0 Å². The highest BCUT2D eigenvalue weighted by Gasteiger charge is 2.24. The van der Waals surface area contributed by atoms with Crippen molar-refractivity contribution in [3.8, 4) is 0 Å². The molecule has 7 heteroatoms. The van der Waals surface area contributed by atoms with Crippen LogP contribution in [-0.2, 0) is 0 Å². The number of hydrogen-bond acceptors (Lipinski definition) is 3. The molecule has 138 valence electrons. The van der Waals surface area contributed by atoms with Crippen molar-refractivity contribution < 1.29 is 9.59 Å². The second-order valence-corrected chi connectivity index (χ2v) is 6.15. The van der Waals surface area contributed by atoms with E-state index >= 15 is 0 Å². The maximum atomic E-state index is 12.3. The van der Waals surface area contributed by atoms with Crippen molar-refractivity contribution in [1.29, 1.82) is 0 Å². The van der Waals surface area contributed by atoms with Crippen LogP contribution < -0.4 is 16.4 Å². The highest BCUT2D eigenvalue weighted by molar-refractivity contribution is 5.94. The molecule has 2 aromatic carbocycles. The van der Waals surface area contributed by atoms with Crippen LogP contribution in [0.2, 0.25) is 0 Å². The van der Waals surface area contributed by atoms with Gasteiger partial charge in [0.1, 0.15) is 0 Å².